The molecule has 2 heterocycles. The van der Waals surface area contributed by atoms with Crippen LogP contribution in [-0.4, -0.2) is 25.7 Å². The normalized spacial score (nSPS) is 10.9. The number of benzene rings is 1. The molecule has 0 bridgehead atoms. The van der Waals surface area contributed by atoms with Gasteiger partial charge in [0.05, 0.1) is 11.0 Å². The molecule has 2 aromatic heterocycles. The third kappa shape index (κ3) is 1.58. The summed E-state index contributed by atoms with van der Waals surface area (Å²) < 4.78 is 1.45. The summed E-state index contributed by atoms with van der Waals surface area (Å²) in [6, 6.07) is 6.89. The maximum atomic E-state index is 11.0. The number of fused-ring (bicyclic) bond motifs is 1. The molecular formula is C11H10N6O. The van der Waals surface area contributed by atoms with Crippen molar-refractivity contribution in [2.45, 2.75) is 0 Å². The summed E-state index contributed by atoms with van der Waals surface area (Å²) in [5.41, 5.74) is 13.2. The van der Waals surface area contributed by atoms with Crippen LogP contribution in [0.15, 0.2) is 30.5 Å². The van der Waals surface area contributed by atoms with Crippen molar-refractivity contribution in [2.24, 2.45) is 5.73 Å². The van der Waals surface area contributed by atoms with E-state index in [2.05, 4.69) is 15.1 Å². The van der Waals surface area contributed by atoms with Gasteiger partial charge in [0, 0.05) is 11.9 Å². The smallest absolute Gasteiger partial charge is 0.269 e. The average molecular weight is 242 g/mol. The van der Waals surface area contributed by atoms with Gasteiger partial charge in [-0.15, -0.1) is 0 Å². The largest absolute Gasteiger partial charge is 0.399 e. The van der Waals surface area contributed by atoms with E-state index in [1.165, 1.54) is 10.7 Å². The molecule has 0 atom stereocenters. The quantitative estimate of drug-likeness (QED) is 0.565. The number of carbonyl (C=O) groups excluding carboxylic acids is 1. The highest BCUT2D eigenvalue weighted by atomic mass is 16.1. The fourth-order valence-electron chi connectivity index (χ4n) is 1.70. The first-order chi connectivity index (χ1) is 8.63. The van der Waals surface area contributed by atoms with E-state index >= 15 is 0 Å². The standard InChI is InChI=1S/C11H10N6O/c12-6-1-2-7-9(5-6)15-11(14-7)17-4-3-8(16-17)10(13)18/h1-5H,12H2,(H2,13,18)(H,14,15). The van der Waals surface area contributed by atoms with E-state index in [-0.39, 0.29) is 5.69 Å². The van der Waals surface area contributed by atoms with Gasteiger partial charge in [0.2, 0.25) is 5.95 Å². The monoisotopic (exact) mass is 242 g/mol. The second-order valence-electron chi connectivity index (χ2n) is 3.85. The van der Waals surface area contributed by atoms with Crippen LogP contribution in [0, 0.1) is 0 Å². The summed E-state index contributed by atoms with van der Waals surface area (Å²) in [4.78, 5) is 18.4. The molecule has 0 saturated carbocycles. The van der Waals surface area contributed by atoms with Gasteiger partial charge in [0.1, 0.15) is 5.69 Å². The Bertz CT molecular complexity index is 741. The Morgan fingerprint density at radius 2 is 2.17 bits per heavy atom. The zero-order chi connectivity index (χ0) is 12.7. The predicted octanol–water partition coefficient (Wildman–Crippen LogP) is 0.430. The number of primary amides is 1. The van der Waals surface area contributed by atoms with Crippen LogP contribution in [0.25, 0.3) is 17.0 Å². The molecule has 0 fully saturated rings. The van der Waals surface area contributed by atoms with Crippen LogP contribution < -0.4 is 11.5 Å². The molecule has 18 heavy (non-hydrogen) atoms. The van der Waals surface area contributed by atoms with Crippen LogP contribution in [0.3, 0.4) is 0 Å². The average Bonchev–Trinajstić information content (AvgIpc) is 2.93. The number of nitrogens with two attached hydrogens (primary N) is 2. The Labute approximate surface area is 101 Å². The number of anilines is 1. The van der Waals surface area contributed by atoms with Gasteiger partial charge in [0.25, 0.3) is 5.91 Å². The van der Waals surface area contributed by atoms with E-state index in [0.29, 0.717) is 11.6 Å². The summed E-state index contributed by atoms with van der Waals surface area (Å²) in [6.45, 7) is 0. The molecule has 7 nitrogen and oxygen atoms in total. The van der Waals surface area contributed by atoms with Gasteiger partial charge < -0.3 is 16.5 Å². The molecule has 0 radical (unpaired) electrons. The van der Waals surface area contributed by atoms with Crippen LogP contribution >= 0.6 is 0 Å². The first-order valence-corrected chi connectivity index (χ1v) is 5.24. The Balaban J connectivity index is 2.10. The van der Waals surface area contributed by atoms with E-state index in [4.69, 9.17) is 11.5 Å². The SMILES string of the molecule is NC(=O)c1ccn(-c2nc3ccc(N)cc3[nH]2)n1. The maximum Gasteiger partial charge on any atom is 0.269 e. The number of hydrogen-bond acceptors (Lipinski definition) is 4. The number of imidazole rings is 1. The second-order valence-corrected chi connectivity index (χ2v) is 3.85. The van der Waals surface area contributed by atoms with Crippen LogP contribution in [-0.2, 0) is 0 Å². The highest BCUT2D eigenvalue weighted by Crippen LogP contribution is 2.16. The summed E-state index contributed by atoms with van der Waals surface area (Å²) in [5.74, 6) is -0.0720. The van der Waals surface area contributed by atoms with Crippen LogP contribution in [0.5, 0.6) is 0 Å². The molecule has 7 heteroatoms. The highest BCUT2D eigenvalue weighted by molar-refractivity contribution is 5.90. The topological polar surface area (TPSA) is 116 Å². The Morgan fingerprint density at radius 3 is 2.89 bits per heavy atom. The van der Waals surface area contributed by atoms with E-state index in [9.17, 15) is 4.79 Å². The summed E-state index contributed by atoms with van der Waals surface area (Å²) in [5, 5.41) is 4.01. The van der Waals surface area contributed by atoms with Gasteiger partial charge in [-0.3, -0.25) is 4.79 Å². The first kappa shape index (κ1) is 10.3. The lowest BCUT2D eigenvalue weighted by Crippen LogP contribution is -2.12. The molecule has 0 aliphatic rings. The fourth-order valence-corrected chi connectivity index (χ4v) is 1.70. The Morgan fingerprint density at radius 1 is 1.33 bits per heavy atom. The fraction of sp³-hybridized carbons (Fsp3) is 0. The van der Waals surface area contributed by atoms with Crippen molar-refractivity contribution in [3.05, 3.63) is 36.2 Å². The number of amides is 1. The molecular weight excluding hydrogens is 232 g/mol. The molecule has 3 rings (SSSR count). The lowest BCUT2D eigenvalue weighted by atomic mass is 10.3. The van der Waals surface area contributed by atoms with Crippen molar-refractivity contribution in [1.29, 1.82) is 0 Å². The third-order valence-electron chi connectivity index (χ3n) is 2.55. The van der Waals surface area contributed by atoms with Gasteiger partial charge in [-0.2, -0.15) is 5.10 Å². The van der Waals surface area contributed by atoms with Gasteiger partial charge in [-0.1, -0.05) is 0 Å². The highest BCUT2D eigenvalue weighted by Gasteiger charge is 2.09. The van der Waals surface area contributed by atoms with Crippen molar-refractivity contribution in [3.8, 4) is 5.95 Å². The molecule has 0 unspecified atom stereocenters. The van der Waals surface area contributed by atoms with Gasteiger partial charge in [-0.25, -0.2) is 9.67 Å². The number of carbonyl (C=O) groups is 1. The van der Waals surface area contributed by atoms with Crippen molar-refractivity contribution in [2.75, 3.05) is 5.73 Å². The predicted molar refractivity (Wildman–Crippen MR) is 66.1 cm³/mol. The number of nitrogens with zero attached hydrogens (tertiary/aromatic N) is 3. The minimum absolute atomic E-state index is 0.190. The molecule has 0 saturated heterocycles. The number of H-pyrrole nitrogens is 1. The molecule has 0 spiro atoms. The summed E-state index contributed by atoms with van der Waals surface area (Å²) in [6.07, 6.45) is 1.61. The Kier molecular flexibility index (Phi) is 2.06. The number of aromatic amines is 1. The minimum atomic E-state index is -0.575. The number of nitrogen functional groups attached to an aromatic ring is 1. The molecule has 5 N–H and O–H groups in total. The molecule has 0 aliphatic heterocycles. The Hall–Kier alpha value is -2.83. The summed E-state index contributed by atoms with van der Waals surface area (Å²) >= 11 is 0. The summed E-state index contributed by atoms with van der Waals surface area (Å²) in [7, 11) is 0. The number of aromatic nitrogens is 4. The van der Waals surface area contributed by atoms with E-state index in [0.717, 1.165) is 11.0 Å². The van der Waals surface area contributed by atoms with Crippen molar-refractivity contribution >= 4 is 22.6 Å². The molecule has 3 aromatic rings. The number of hydrogen-bond donors (Lipinski definition) is 3. The van der Waals surface area contributed by atoms with Crippen molar-refractivity contribution in [3.63, 3.8) is 0 Å². The third-order valence-corrected chi connectivity index (χ3v) is 2.55. The lowest BCUT2D eigenvalue weighted by Gasteiger charge is -1.93. The van der Waals surface area contributed by atoms with Crippen LogP contribution in [0.4, 0.5) is 5.69 Å². The van der Waals surface area contributed by atoms with E-state index < -0.39 is 5.91 Å². The molecule has 1 aromatic carbocycles. The van der Waals surface area contributed by atoms with Crippen molar-refractivity contribution in [1.82, 2.24) is 19.7 Å². The van der Waals surface area contributed by atoms with Crippen molar-refractivity contribution < 1.29 is 4.79 Å². The maximum absolute atomic E-state index is 11.0. The van der Waals surface area contributed by atoms with Gasteiger partial charge in [0.15, 0.2) is 0 Å². The zero-order valence-electron chi connectivity index (χ0n) is 9.29. The minimum Gasteiger partial charge on any atom is -0.399 e. The van der Waals surface area contributed by atoms with Gasteiger partial charge in [-0.05, 0) is 24.3 Å². The van der Waals surface area contributed by atoms with E-state index in [1.807, 2.05) is 6.07 Å². The van der Waals surface area contributed by atoms with Gasteiger partial charge >= 0.3 is 0 Å². The zero-order valence-corrected chi connectivity index (χ0v) is 9.29. The van der Waals surface area contributed by atoms with Crippen LogP contribution in [0.2, 0.25) is 0 Å². The second kappa shape index (κ2) is 3.59. The first-order valence-electron chi connectivity index (χ1n) is 5.24. The lowest BCUT2D eigenvalue weighted by molar-refractivity contribution is 0.0995. The number of rotatable bonds is 2. The molecule has 0 aliphatic carbocycles. The van der Waals surface area contributed by atoms with Crippen LogP contribution in [0.1, 0.15) is 10.5 Å². The molecule has 90 valence electrons. The van der Waals surface area contributed by atoms with E-state index in [1.54, 1.807) is 18.3 Å². The number of nitrogens with one attached hydrogen (secondary N) is 1. The molecule has 1 amide bonds.